The van der Waals surface area contributed by atoms with Crippen LogP contribution in [0.4, 0.5) is 0 Å². The molecule has 10 aliphatic heterocycles. The van der Waals surface area contributed by atoms with Gasteiger partial charge in [-0.3, -0.25) is 44.0 Å². The molecular weight excluding hydrogens is 1540 g/mol. The fourth-order valence-corrected chi connectivity index (χ4v) is 20.6. The van der Waals surface area contributed by atoms with Gasteiger partial charge in [0.2, 0.25) is 0 Å². The van der Waals surface area contributed by atoms with Crippen LogP contribution in [0.3, 0.4) is 0 Å². The van der Waals surface area contributed by atoms with Crippen LogP contribution in [-0.4, -0.2) is 140 Å². The quantitative estimate of drug-likeness (QED) is 0.0343. The van der Waals surface area contributed by atoms with Crippen LogP contribution in [0.25, 0.3) is 90.2 Å². The number of piperidine rings is 1. The maximum absolute atomic E-state index is 12.5. The standard InChI is InChI=1S/C26H33N5O2.C25H27N5O2.C22H21N5O2.C21H27N5O2/c1-15-7-20-21(8-16(15)2)31(23-22(28-20)24(32)30-25(33)29-23)6-5-27-4-3-26-12-17-9-18(13-26)11-19(10-17)14-26;1-16-13-20-21(14-17(16)2)30(23-22(26-20)24(31)28-25(32)27-23)12-11-29-10-6-9-19(15-29)18-7-4-3-5-8-18;1-13-9-17-18(10-14(13)2)27(20-19(23-17)21(28)25-22(29)24-20)8-7-26-11-15-5-3-4-6-16(15)12-26;1-13-10-16-17(11-14(13)2)26(9-8-22-12-15-6-4-3-5-7-15)19-18(23-16)20(27)25-21(28)24-19/h7-8,17-19,27H,3-6,9-14H2,1-2H3,(H,30,32,33);3-5,7-8,13-14,19H,6,9-12,15H2,1-2H3,(H,28,31,32);3-6,9-10H,7-8,11-12H2,1-2H3,(H,25,28,29);10-11,15,22H,3-9,12H2,1-2H3,(H,25,27,28). The van der Waals surface area contributed by atoms with Gasteiger partial charge in [-0.15, -0.1) is 0 Å². The number of nitrogens with one attached hydrogen (secondary N) is 6. The fourth-order valence-electron chi connectivity index (χ4n) is 20.6. The van der Waals surface area contributed by atoms with Gasteiger partial charge in [0.15, 0.2) is 46.1 Å². The molecule has 632 valence electrons. The van der Waals surface area contributed by atoms with Gasteiger partial charge in [0.05, 0.1) is 44.1 Å². The molecule has 28 heteroatoms. The predicted octanol–water partition coefficient (Wildman–Crippen LogP) is 11.1. The molecule has 6 aromatic carbocycles. The Morgan fingerprint density at radius 2 is 0.738 bits per heavy atom. The van der Waals surface area contributed by atoms with Crippen molar-refractivity contribution < 1.29 is 0 Å². The molecule has 6 aromatic rings. The van der Waals surface area contributed by atoms with E-state index in [1.807, 2.05) is 77.2 Å². The van der Waals surface area contributed by atoms with E-state index in [0.29, 0.717) is 60.8 Å². The Balaban J connectivity index is 0.000000116. The molecular formula is C94H108N20O8. The first-order valence-electron chi connectivity index (χ1n) is 43.6. The van der Waals surface area contributed by atoms with Gasteiger partial charge in [0, 0.05) is 72.0 Å². The zero-order chi connectivity index (χ0) is 84.8. The molecule has 10 heterocycles. The van der Waals surface area contributed by atoms with Gasteiger partial charge < -0.3 is 33.8 Å². The maximum Gasteiger partial charge on any atom is 0.349 e. The van der Waals surface area contributed by atoms with Crippen LogP contribution >= 0.6 is 0 Å². The average molecular weight is 1650 g/mol. The third-order valence-electron chi connectivity index (χ3n) is 27.0. The van der Waals surface area contributed by atoms with Crippen molar-refractivity contribution in [3.8, 4) is 46.1 Å². The van der Waals surface area contributed by atoms with Crippen molar-refractivity contribution in [2.75, 3.05) is 52.4 Å². The number of aromatic amines is 4. The van der Waals surface area contributed by atoms with E-state index in [2.05, 4.69) is 180 Å². The summed E-state index contributed by atoms with van der Waals surface area (Å²) in [5, 5.41) is 7.22. The van der Waals surface area contributed by atoms with Crippen LogP contribution in [0.2, 0.25) is 0 Å². The van der Waals surface area contributed by atoms with Crippen molar-refractivity contribution in [3.63, 3.8) is 0 Å². The van der Waals surface area contributed by atoms with Gasteiger partial charge in [-0.05, 0) is 290 Å². The molecule has 6 N–H and O–H groups in total. The number of rotatable bonds is 18. The summed E-state index contributed by atoms with van der Waals surface area (Å²) in [5.74, 6) is 5.64. The highest BCUT2D eigenvalue weighted by Crippen LogP contribution is 2.61. The Labute approximate surface area is 704 Å². The van der Waals surface area contributed by atoms with Crippen LogP contribution in [0.15, 0.2) is 141 Å². The van der Waals surface area contributed by atoms with Crippen LogP contribution in [0, 0.1) is 84.5 Å². The first kappa shape index (κ1) is 82.6. The lowest BCUT2D eigenvalue weighted by Crippen LogP contribution is -2.47. The Morgan fingerprint density at radius 3 is 1.14 bits per heavy atom. The molecule has 1 saturated heterocycles. The van der Waals surface area contributed by atoms with Crippen molar-refractivity contribution >= 4 is 44.1 Å². The lowest BCUT2D eigenvalue weighted by molar-refractivity contribution is -0.0567. The number of fused-ring (bicyclic) bond motifs is 9. The molecule has 28 nitrogen and oxygen atoms in total. The molecule has 0 radical (unpaired) electrons. The summed E-state index contributed by atoms with van der Waals surface area (Å²) < 4.78 is 7.89. The lowest BCUT2D eigenvalue weighted by atomic mass is 9.49. The number of aromatic nitrogens is 16. The molecule has 21 rings (SSSR count). The molecule has 122 heavy (non-hydrogen) atoms. The van der Waals surface area contributed by atoms with E-state index >= 15 is 0 Å². The Bertz CT molecular complexity index is 6610. The van der Waals surface area contributed by atoms with Gasteiger partial charge in [-0.1, -0.05) is 73.9 Å². The summed E-state index contributed by atoms with van der Waals surface area (Å²) in [6, 6.07) is 35.4. The van der Waals surface area contributed by atoms with Crippen molar-refractivity contribution in [2.24, 2.45) is 29.1 Å². The monoisotopic (exact) mass is 1640 g/mol. The van der Waals surface area contributed by atoms with Crippen LogP contribution in [0.1, 0.15) is 157 Å². The molecule has 1 unspecified atom stereocenters. The van der Waals surface area contributed by atoms with Gasteiger partial charge in [-0.25, -0.2) is 39.1 Å². The van der Waals surface area contributed by atoms with Gasteiger partial charge in [-0.2, -0.15) is 19.9 Å². The lowest BCUT2D eigenvalue weighted by Gasteiger charge is -2.57. The SMILES string of the molecule is Cc1cc2nc3c(=O)[nH]c(=O)nc-3n(CCN3CCCC(c4ccccc4)C3)c2cc1C.Cc1cc2nc3c(=O)[nH]c(=O)nc-3n(CCN3Cc4ccccc4C3)c2cc1C.Cc1cc2nc3c(=O)[nH]c(=O)nc-3n(CCNCC3CCCCC3)c2cc1C.Cc1cc2nc3c(=O)[nH]c(=O)nc-3n(CCNCCC34CC5CC(CC(C5)C3)C4)c2cc1C. The molecule has 0 spiro atoms. The van der Waals surface area contributed by atoms with E-state index in [1.54, 1.807) is 0 Å². The minimum atomic E-state index is -0.644. The van der Waals surface area contributed by atoms with Crippen LogP contribution < -0.4 is 55.6 Å². The number of H-pyrrole nitrogens is 4. The summed E-state index contributed by atoms with van der Waals surface area (Å²) in [7, 11) is 0. The minimum absolute atomic E-state index is 0.199. The highest BCUT2D eigenvalue weighted by atomic mass is 16.2. The highest BCUT2D eigenvalue weighted by molar-refractivity contribution is 5.84. The maximum atomic E-state index is 12.5. The number of hydrogen-bond acceptors (Lipinski definition) is 20. The van der Waals surface area contributed by atoms with Gasteiger partial charge >= 0.3 is 22.8 Å². The molecule has 5 aliphatic carbocycles. The number of nitrogens with zero attached hydrogens (tertiary/aromatic N) is 14. The van der Waals surface area contributed by atoms with Gasteiger partial charge in [0.1, 0.15) is 0 Å². The van der Waals surface area contributed by atoms with E-state index in [4.69, 9.17) is 0 Å². The molecule has 4 bridgehead atoms. The van der Waals surface area contributed by atoms with Crippen molar-refractivity contribution in [1.29, 1.82) is 0 Å². The Hall–Kier alpha value is -11.7. The van der Waals surface area contributed by atoms with E-state index in [9.17, 15) is 38.4 Å². The smallest absolute Gasteiger partial charge is 0.321 e. The highest BCUT2D eigenvalue weighted by Gasteiger charge is 2.50. The molecule has 15 aliphatic rings. The minimum Gasteiger partial charge on any atom is -0.321 e. The average Bonchev–Trinajstić information content (AvgIpc) is 0.987. The zero-order valence-corrected chi connectivity index (χ0v) is 71.0. The second-order valence-electron chi connectivity index (χ2n) is 35.6. The summed E-state index contributed by atoms with van der Waals surface area (Å²) in [5.41, 5.74) is 16.6. The summed E-state index contributed by atoms with van der Waals surface area (Å²) in [6.45, 7) is 27.9. The van der Waals surface area contributed by atoms with Crippen molar-refractivity contribution in [3.05, 3.63) is 248 Å². The molecule has 1 atom stereocenters. The van der Waals surface area contributed by atoms with Crippen molar-refractivity contribution in [2.45, 2.75) is 190 Å². The number of benzene rings is 6. The van der Waals surface area contributed by atoms with Crippen LogP contribution in [0.5, 0.6) is 0 Å². The second-order valence-corrected chi connectivity index (χ2v) is 35.6. The number of hydrogen-bond donors (Lipinski definition) is 6. The first-order chi connectivity index (χ1) is 58.9. The summed E-state index contributed by atoms with van der Waals surface area (Å²) >= 11 is 0. The van der Waals surface area contributed by atoms with Crippen molar-refractivity contribution in [1.82, 2.24) is 98.5 Å². The van der Waals surface area contributed by atoms with E-state index in [-0.39, 0.29) is 22.8 Å². The first-order valence-corrected chi connectivity index (χ1v) is 43.6. The van der Waals surface area contributed by atoms with E-state index in [0.717, 1.165) is 184 Å². The van der Waals surface area contributed by atoms with Gasteiger partial charge in [0.25, 0.3) is 22.2 Å². The van der Waals surface area contributed by atoms with Crippen LogP contribution in [-0.2, 0) is 39.3 Å². The fraction of sp³-hybridized carbons (Fsp3) is 0.447. The predicted molar refractivity (Wildman–Crippen MR) is 475 cm³/mol. The summed E-state index contributed by atoms with van der Waals surface area (Å²) in [6.07, 6.45) is 19.0. The molecule has 0 aromatic heterocycles. The molecule has 6 fully saturated rings. The van der Waals surface area contributed by atoms with E-state index in [1.165, 1.54) is 100 Å². The topological polar surface area (TPSA) is 353 Å². The normalized spacial score (nSPS) is 19.0. The number of aryl methyl sites for hydroxylation is 8. The second kappa shape index (κ2) is 35.0. The largest absolute Gasteiger partial charge is 0.349 e. The van der Waals surface area contributed by atoms with E-state index < -0.39 is 45.0 Å². The Kier molecular flexibility index (Phi) is 23.7. The molecule has 0 amide bonds. The zero-order valence-electron chi connectivity index (χ0n) is 71.0. The third-order valence-corrected chi connectivity index (χ3v) is 27.0. The number of likely N-dealkylation sites (tertiary alicyclic amines) is 1. The Morgan fingerprint density at radius 1 is 0.377 bits per heavy atom. The third kappa shape index (κ3) is 17.6. The molecule has 5 saturated carbocycles. The summed E-state index contributed by atoms with van der Waals surface area (Å²) in [4.78, 5) is 146.